The number of carbonyl (C=O) groups excluding carboxylic acids is 2. The van der Waals surface area contributed by atoms with Gasteiger partial charge in [-0.3, -0.25) is 9.59 Å². The Labute approximate surface area is 109 Å². The van der Waals surface area contributed by atoms with E-state index in [9.17, 15) is 14.7 Å². The van der Waals surface area contributed by atoms with Crippen molar-refractivity contribution in [1.29, 1.82) is 0 Å². The molecule has 2 rings (SSSR count). The second-order valence-electron chi connectivity index (χ2n) is 6.09. The highest BCUT2D eigenvalue weighted by molar-refractivity contribution is 5.90. The summed E-state index contributed by atoms with van der Waals surface area (Å²) in [5, 5.41) is 11.1. The van der Waals surface area contributed by atoms with E-state index in [0.717, 1.165) is 38.5 Å². The lowest BCUT2D eigenvalue weighted by atomic mass is 9.50. The number of hydrogen-bond acceptors (Lipinski definition) is 3. The molecule has 0 aromatic carbocycles. The van der Waals surface area contributed by atoms with E-state index < -0.39 is 11.0 Å². The first-order valence-electron chi connectivity index (χ1n) is 7.24. The average Bonchev–Trinajstić information content (AvgIpc) is 2.30. The summed E-state index contributed by atoms with van der Waals surface area (Å²) in [4.78, 5) is 24.3. The van der Waals surface area contributed by atoms with Gasteiger partial charge in [-0.05, 0) is 39.0 Å². The second kappa shape index (κ2) is 4.76. The lowest BCUT2D eigenvalue weighted by molar-refractivity contribution is -0.188. The Bertz CT molecular complexity index is 359. The second-order valence-corrected chi connectivity index (χ2v) is 6.09. The summed E-state index contributed by atoms with van der Waals surface area (Å²) in [6.07, 6.45) is 5.92. The highest BCUT2D eigenvalue weighted by atomic mass is 16.3. The van der Waals surface area contributed by atoms with Crippen LogP contribution in [0, 0.1) is 11.3 Å². The zero-order chi connectivity index (χ0) is 13.4. The number of ketones is 2. The maximum Gasteiger partial charge on any atom is 0.141 e. The summed E-state index contributed by atoms with van der Waals surface area (Å²) in [7, 11) is 0. The quantitative estimate of drug-likeness (QED) is 0.840. The standard InChI is InChI=1S/C15H24O3/c1-3-8-14-9-4-6-12(11(2)16)15(14,18)10-5-7-13(14)17/h12,18H,3-10H2,1-2H3/t12-,14-,15+/m0/s1. The van der Waals surface area contributed by atoms with Gasteiger partial charge in [-0.1, -0.05) is 19.8 Å². The smallest absolute Gasteiger partial charge is 0.141 e. The molecule has 18 heavy (non-hydrogen) atoms. The molecule has 2 saturated carbocycles. The fourth-order valence-electron chi connectivity index (χ4n) is 4.40. The Hall–Kier alpha value is -0.700. The van der Waals surface area contributed by atoms with Crippen molar-refractivity contribution >= 4 is 11.6 Å². The number of carbonyl (C=O) groups is 2. The Morgan fingerprint density at radius 1 is 1.39 bits per heavy atom. The molecule has 0 aliphatic heterocycles. The molecule has 3 heteroatoms. The lowest BCUT2D eigenvalue weighted by Crippen LogP contribution is -2.63. The van der Waals surface area contributed by atoms with Crippen LogP contribution in [0.15, 0.2) is 0 Å². The molecular formula is C15H24O3. The van der Waals surface area contributed by atoms with Crippen LogP contribution in [0.3, 0.4) is 0 Å². The molecule has 0 spiro atoms. The van der Waals surface area contributed by atoms with Crippen LogP contribution in [0.1, 0.15) is 65.2 Å². The maximum absolute atomic E-state index is 12.4. The van der Waals surface area contributed by atoms with Gasteiger partial charge in [0.1, 0.15) is 11.6 Å². The molecule has 0 saturated heterocycles. The third-order valence-corrected chi connectivity index (χ3v) is 5.16. The first-order chi connectivity index (χ1) is 8.48. The largest absolute Gasteiger partial charge is 0.388 e. The SMILES string of the molecule is CCC[C@@]12CCC[C@@H](C(C)=O)[C@]1(O)CCCC2=O. The normalized spacial score (nSPS) is 40.4. The molecule has 0 aromatic heterocycles. The highest BCUT2D eigenvalue weighted by Gasteiger charge is 2.61. The van der Waals surface area contributed by atoms with Gasteiger partial charge in [0.2, 0.25) is 0 Å². The molecule has 0 unspecified atom stereocenters. The fourth-order valence-corrected chi connectivity index (χ4v) is 4.40. The van der Waals surface area contributed by atoms with Gasteiger partial charge in [0, 0.05) is 12.3 Å². The van der Waals surface area contributed by atoms with E-state index in [4.69, 9.17) is 0 Å². The van der Waals surface area contributed by atoms with Crippen LogP contribution in [-0.2, 0) is 9.59 Å². The molecule has 0 heterocycles. The molecule has 2 aliphatic carbocycles. The van der Waals surface area contributed by atoms with Crippen LogP contribution in [0.5, 0.6) is 0 Å². The molecular weight excluding hydrogens is 228 g/mol. The Morgan fingerprint density at radius 2 is 2.11 bits per heavy atom. The number of Topliss-reactive ketones (excluding diaryl/α,β-unsaturated/α-hetero) is 2. The van der Waals surface area contributed by atoms with Crippen molar-refractivity contribution in [2.24, 2.45) is 11.3 Å². The summed E-state index contributed by atoms with van der Waals surface area (Å²) in [5.74, 6) is -0.0847. The van der Waals surface area contributed by atoms with E-state index in [1.807, 2.05) is 0 Å². The van der Waals surface area contributed by atoms with Gasteiger partial charge in [-0.2, -0.15) is 0 Å². The maximum atomic E-state index is 12.4. The number of hydrogen-bond donors (Lipinski definition) is 1. The van der Waals surface area contributed by atoms with Crippen LogP contribution in [0.4, 0.5) is 0 Å². The van der Waals surface area contributed by atoms with Gasteiger partial charge in [0.05, 0.1) is 11.0 Å². The third-order valence-electron chi connectivity index (χ3n) is 5.16. The first kappa shape index (κ1) is 13.7. The van der Waals surface area contributed by atoms with E-state index in [1.54, 1.807) is 6.92 Å². The molecule has 0 radical (unpaired) electrons. The predicted octanol–water partition coefficient (Wildman–Crippen LogP) is 2.65. The van der Waals surface area contributed by atoms with Crippen LogP contribution < -0.4 is 0 Å². The summed E-state index contributed by atoms with van der Waals surface area (Å²) < 4.78 is 0. The molecule has 1 N–H and O–H groups in total. The molecule has 3 atom stereocenters. The summed E-state index contributed by atoms with van der Waals surface area (Å²) in [6, 6.07) is 0. The van der Waals surface area contributed by atoms with E-state index in [-0.39, 0.29) is 17.5 Å². The van der Waals surface area contributed by atoms with Crippen molar-refractivity contribution in [3.63, 3.8) is 0 Å². The van der Waals surface area contributed by atoms with Crippen LogP contribution in [0.25, 0.3) is 0 Å². The fraction of sp³-hybridized carbons (Fsp3) is 0.867. The lowest BCUT2D eigenvalue weighted by Gasteiger charge is -2.55. The van der Waals surface area contributed by atoms with Gasteiger partial charge < -0.3 is 5.11 Å². The Kier molecular flexibility index (Phi) is 3.63. The molecule has 0 amide bonds. The monoisotopic (exact) mass is 252 g/mol. The van der Waals surface area contributed by atoms with Gasteiger partial charge in [0.15, 0.2) is 0 Å². The predicted molar refractivity (Wildman–Crippen MR) is 69.2 cm³/mol. The van der Waals surface area contributed by atoms with Gasteiger partial charge in [-0.15, -0.1) is 0 Å². The van der Waals surface area contributed by atoms with E-state index >= 15 is 0 Å². The zero-order valence-corrected chi connectivity index (χ0v) is 11.5. The minimum Gasteiger partial charge on any atom is -0.388 e. The minimum atomic E-state index is -1.07. The van der Waals surface area contributed by atoms with E-state index in [2.05, 4.69) is 6.92 Å². The van der Waals surface area contributed by atoms with Gasteiger partial charge >= 0.3 is 0 Å². The molecule has 0 aromatic rings. The molecule has 0 bridgehead atoms. The summed E-state index contributed by atoms with van der Waals surface area (Å²) in [5.41, 5.74) is -1.70. The van der Waals surface area contributed by atoms with Crippen LogP contribution in [0.2, 0.25) is 0 Å². The van der Waals surface area contributed by atoms with Crippen molar-refractivity contribution in [2.45, 2.75) is 70.8 Å². The first-order valence-corrected chi connectivity index (χ1v) is 7.24. The molecule has 2 fully saturated rings. The van der Waals surface area contributed by atoms with E-state index in [0.29, 0.717) is 12.8 Å². The van der Waals surface area contributed by atoms with Crippen molar-refractivity contribution in [3.05, 3.63) is 0 Å². The number of aliphatic hydroxyl groups is 1. The van der Waals surface area contributed by atoms with Gasteiger partial charge in [0.25, 0.3) is 0 Å². The molecule has 2 aliphatic rings. The Morgan fingerprint density at radius 3 is 2.72 bits per heavy atom. The molecule has 3 nitrogen and oxygen atoms in total. The van der Waals surface area contributed by atoms with Crippen LogP contribution in [-0.4, -0.2) is 22.3 Å². The van der Waals surface area contributed by atoms with E-state index in [1.165, 1.54) is 0 Å². The Balaban J connectivity index is 2.45. The van der Waals surface area contributed by atoms with Crippen molar-refractivity contribution in [2.75, 3.05) is 0 Å². The van der Waals surface area contributed by atoms with Gasteiger partial charge in [-0.25, -0.2) is 0 Å². The summed E-state index contributed by atoms with van der Waals surface area (Å²) in [6.45, 7) is 3.61. The number of fused-ring (bicyclic) bond motifs is 1. The van der Waals surface area contributed by atoms with Crippen molar-refractivity contribution < 1.29 is 14.7 Å². The van der Waals surface area contributed by atoms with Crippen molar-refractivity contribution in [1.82, 2.24) is 0 Å². The van der Waals surface area contributed by atoms with Crippen molar-refractivity contribution in [3.8, 4) is 0 Å². The average molecular weight is 252 g/mol. The molecule has 102 valence electrons. The third kappa shape index (κ3) is 1.75. The topological polar surface area (TPSA) is 54.4 Å². The highest BCUT2D eigenvalue weighted by Crippen LogP contribution is 2.56. The van der Waals surface area contributed by atoms with Crippen LogP contribution >= 0.6 is 0 Å². The minimum absolute atomic E-state index is 0.0485. The number of rotatable bonds is 3. The summed E-state index contributed by atoms with van der Waals surface area (Å²) >= 11 is 0. The zero-order valence-electron chi connectivity index (χ0n) is 11.5.